The topological polar surface area (TPSA) is 59.0 Å². The lowest BCUT2D eigenvalue weighted by Crippen LogP contribution is -2.19. The second kappa shape index (κ2) is 10.0. The fourth-order valence-electron chi connectivity index (χ4n) is 4.08. The summed E-state index contributed by atoms with van der Waals surface area (Å²) in [7, 11) is 0. The van der Waals surface area contributed by atoms with Crippen molar-refractivity contribution in [2.24, 2.45) is 0 Å². The molecule has 0 atom stereocenters. The van der Waals surface area contributed by atoms with E-state index in [9.17, 15) is 4.79 Å². The third-order valence-electron chi connectivity index (χ3n) is 5.92. The van der Waals surface area contributed by atoms with Crippen LogP contribution in [0.2, 0.25) is 5.02 Å². The predicted molar refractivity (Wildman–Crippen MR) is 144 cm³/mol. The highest BCUT2D eigenvalue weighted by molar-refractivity contribution is 6.31. The van der Waals surface area contributed by atoms with E-state index in [1.54, 1.807) is 6.07 Å². The zero-order valence-electron chi connectivity index (χ0n) is 19.3. The maximum atomic E-state index is 12.4. The standard InChI is InChI=1S/C29H25ClN4O/c1-20-11-15-23(19-25(20)30)32-29(35)31-22-16-12-21(13-17-22)14-18-28-33-26-9-5-6-10-27(26)34(28)24-7-3-2-4-8-24/h2-13,15-17,19H,14,18H2,1H3,(H2,31,32,35). The Kier molecular flexibility index (Phi) is 6.51. The number of halogens is 1. The number of anilines is 2. The van der Waals surface area contributed by atoms with Gasteiger partial charge in [0.25, 0.3) is 0 Å². The number of rotatable bonds is 6. The van der Waals surface area contributed by atoms with Crippen molar-refractivity contribution < 1.29 is 4.79 Å². The number of nitrogens with one attached hydrogen (secondary N) is 2. The molecule has 5 rings (SSSR count). The molecule has 0 radical (unpaired) electrons. The van der Waals surface area contributed by atoms with E-state index in [0.29, 0.717) is 10.7 Å². The fourth-order valence-corrected chi connectivity index (χ4v) is 4.26. The quantitative estimate of drug-likeness (QED) is 0.265. The van der Waals surface area contributed by atoms with Gasteiger partial charge in [-0.1, -0.05) is 60.1 Å². The normalized spacial score (nSPS) is 10.9. The molecule has 4 aromatic carbocycles. The van der Waals surface area contributed by atoms with Crippen LogP contribution in [0.3, 0.4) is 0 Å². The second-order valence-electron chi connectivity index (χ2n) is 8.43. The Labute approximate surface area is 209 Å². The van der Waals surface area contributed by atoms with Crippen molar-refractivity contribution in [3.63, 3.8) is 0 Å². The Bertz CT molecular complexity index is 1480. The SMILES string of the molecule is Cc1ccc(NC(=O)Nc2ccc(CCc3nc4ccccc4n3-c3ccccc3)cc2)cc1Cl. The van der Waals surface area contributed by atoms with Gasteiger partial charge in [0.05, 0.1) is 11.0 Å². The molecular formula is C29H25ClN4O. The van der Waals surface area contributed by atoms with Gasteiger partial charge in [-0.3, -0.25) is 4.57 Å². The van der Waals surface area contributed by atoms with Gasteiger partial charge in [0, 0.05) is 28.5 Å². The van der Waals surface area contributed by atoms with Crippen molar-refractivity contribution in [1.82, 2.24) is 9.55 Å². The Hall–Kier alpha value is -4.09. The van der Waals surface area contributed by atoms with Gasteiger partial charge in [-0.2, -0.15) is 0 Å². The molecule has 5 nitrogen and oxygen atoms in total. The van der Waals surface area contributed by atoms with Gasteiger partial charge < -0.3 is 10.6 Å². The molecule has 5 aromatic rings. The number of amides is 2. The summed E-state index contributed by atoms with van der Waals surface area (Å²) in [6, 6.07) is 31.6. The molecule has 174 valence electrons. The summed E-state index contributed by atoms with van der Waals surface area (Å²) in [5.41, 5.74) is 6.72. The number of aromatic nitrogens is 2. The minimum Gasteiger partial charge on any atom is -0.308 e. The Balaban J connectivity index is 1.26. The van der Waals surface area contributed by atoms with Crippen LogP contribution < -0.4 is 10.6 Å². The summed E-state index contributed by atoms with van der Waals surface area (Å²) >= 11 is 6.14. The lowest BCUT2D eigenvalue weighted by molar-refractivity contribution is 0.262. The van der Waals surface area contributed by atoms with Gasteiger partial charge in [-0.05, 0) is 73.0 Å². The van der Waals surface area contributed by atoms with Gasteiger partial charge in [-0.15, -0.1) is 0 Å². The van der Waals surface area contributed by atoms with Crippen LogP contribution in [-0.2, 0) is 12.8 Å². The molecular weight excluding hydrogens is 456 g/mol. The number of nitrogens with zero attached hydrogens (tertiary/aromatic N) is 2. The molecule has 6 heteroatoms. The van der Waals surface area contributed by atoms with E-state index in [-0.39, 0.29) is 6.03 Å². The highest BCUT2D eigenvalue weighted by Crippen LogP contribution is 2.23. The van der Waals surface area contributed by atoms with Crippen LogP contribution in [0.5, 0.6) is 0 Å². The molecule has 0 saturated carbocycles. The molecule has 0 aliphatic heterocycles. The molecule has 0 unspecified atom stereocenters. The van der Waals surface area contributed by atoms with Crippen LogP contribution in [0.4, 0.5) is 16.2 Å². The summed E-state index contributed by atoms with van der Waals surface area (Å²) in [4.78, 5) is 17.3. The molecule has 0 bridgehead atoms. The van der Waals surface area contributed by atoms with E-state index in [1.807, 2.05) is 79.7 Å². The van der Waals surface area contributed by atoms with Gasteiger partial charge in [-0.25, -0.2) is 9.78 Å². The molecule has 0 spiro atoms. The minimum absolute atomic E-state index is 0.311. The van der Waals surface area contributed by atoms with Crippen molar-refractivity contribution in [2.45, 2.75) is 19.8 Å². The summed E-state index contributed by atoms with van der Waals surface area (Å²) in [6.07, 6.45) is 1.63. The van der Waals surface area contributed by atoms with Crippen LogP contribution in [-0.4, -0.2) is 15.6 Å². The highest BCUT2D eigenvalue weighted by Gasteiger charge is 2.12. The van der Waals surface area contributed by atoms with Crippen LogP contribution in [0, 0.1) is 6.92 Å². The van der Waals surface area contributed by atoms with Gasteiger partial charge >= 0.3 is 6.03 Å². The second-order valence-corrected chi connectivity index (χ2v) is 8.83. The zero-order valence-corrected chi connectivity index (χ0v) is 20.1. The first-order chi connectivity index (χ1) is 17.1. The number of carbonyl (C=O) groups is 1. The predicted octanol–water partition coefficient (Wildman–Crippen LogP) is 7.42. The lowest BCUT2D eigenvalue weighted by atomic mass is 10.1. The smallest absolute Gasteiger partial charge is 0.308 e. The zero-order chi connectivity index (χ0) is 24.2. The average Bonchev–Trinajstić information content (AvgIpc) is 3.25. The maximum absolute atomic E-state index is 12.4. The van der Waals surface area contributed by atoms with Gasteiger partial charge in [0.2, 0.25) is 0 Å². The van der Waals surface area contributed by atoms with E-state index in [1.165, 1.54) is 5.56 Å². The summed E-state index contributed by atoms with van der Waals surface area (Å²) in [6.45, 7) is 1.92. The summed E-state index contributed by atoms with van der Waals surface area (Å²) in [5.74, 6) is 1.02. The van der Waals surface area contributed by atoms with E-state index < -0.39 is 0 Å². The lowest BCUT2D eigenvalue weighted by Gasteiger charge is -2.11. The first-order valence-electron chi connectivity index (χ1n) is 11.5. The number of aryl methyl sites for hydroxylation is 3. The molecule has 2 N–H and O–H groups in total. The van der Waals surface area contributed by atoms with Crippen molar-refractivity contribution in [3.05, 3.63) is 119 Å². The van der Waals surface area contributed by atoms with Crippen LogP contribution in [0.15, 0.2) is 97.1 Å². The molecule has 2 amide bonds. The largest absolute Gasteiger partial charge is 0.323 e. The molecule has 1 heterocycles. The van der Waals surface area contributed by atoms with E-state index in [4.69, 9.17) is 16.6 Å². The molecule has 0 aliphatic rings. The first kappa shape index (κ1) is 22.7. The fraction of sp³-hybridized carbons (Fsp3) is 0.103. The number of para-hydroxylation sites is 3. The van der Waals surface area contributed by atoms with Crippen molar-refractivity contribution >= 4 is 40.0 Å². The minimum atomic E-state index is -0.311. The number of hydrogen-bond acceptors (Lipinski definition) is 2. The number of benzene rings is 4. The van der Waals surface area contributed by atoms with E-state index in [0.717, 1.165) is 46.6 Å². The Morgan fingerprint density at radius 1 is 0.829 bits per heavy atom. The van der Waals surface area contributed by atoms with Crippen molar-refractivity contribution in [3.8, 4) is 5.69 Å². The molecule has 0 fully saturated rings. The summed E-state index contributed by atoms with van der Waals surface area (Å²) < 4.78 is 2.23. The number of carbonyl (C=O) groups excluding carboxylic acids is 1. The Morgan fingerprint density at radius 2 is 1.51 bits per heavy atom. The Morgan fingerprint density at radius 3 is 2.29 bits per heavy atom. The monoisotopic (exact) mass is 480 g/mol. The highest BCUT2D eigenvalue weighted by atomic mass is 35.5. The van der Waals surface area contributed by atoms with Crippen LogP contribution >= 0.6 is 11.6 Å². The van der Waals surface area contributed by atoms with Gasteiger partial charge in [0.15, 0.2) is 0 Å². The molecule has 0 saturated heterocycles. The van der Waals surface area contributed by atoms with Crippen molar-refractivity contribution in [1.29, 1.82) is 0 Å². The molecule has 1 aromatic heterocycles. The maximum Gasteiger partial charge on any atom is 0.323 e. The van der Waals surface area contributed by atoms with Crippen LogP contribution in [0.1, 0.15) is 17.0 Å². The number of imidazole rings is 1. The van der Waals surface area contributed by atoms with E-state index >= 15 is 0 Å². The van der Waals surface area contributed by atoms with Crippen molar-refractivity contribution in [2.75, 3.05) is 10.6 Å². The van der Waals surface area contributed by atoms with Crippen LogP contribution in [0.25, 0.3) is 16.7 Å². The molecule has 35 heavy (non-hydrogen) atoms. The number of hydrogen-bond donors (Lipinski definition) is 2. The third kappa shape index (κ3) is 5.20. The van der Waals surface area contributed by atoms with Gasteiger partial charge in [0.1, 0.15) is 5.82 Å². The first-order valence-corrected chi connectivity index (χ1v) is 11.9. The number of urea groups is 1. The molecule has 0 aliphatic carbocycles. The third-order valence-corrected chi connectivity index (χ3v) is 6.33. The number of fused-ring (bicyclic) bond motifs is 1. The summed E-state index contributed by atoms with van der Waals surface area (Å²) in [5, 5.41) is 6.29. The average molecular weight is 481 g/mol. The van der Waals surface area contributed by atoms with E-state index in [2.05, 4.69) is 33.4 Å².